The molecule has 1 aliphatic rings. The van der Waals surface area contributed by atoms with E-state index < -0.39 is 0 Å². The Balaban J connectivity index is 1.71. The summed E-state index contributed by atoms with van der Waals surface area (Å²) in [5.74, 6) is 1.40. The van der Waals surface area contributed by atoms with Gasteiger partial charge in [0.2, 0.25) is 5.91 Å². The van der Waals surface area contributed by atoms with Gasteiger partial charge in [0.1, 0.15) is 5.76 Å². The zero-order valence-corrected chi connectivity index (χ0v) is 16.3. The van der Waals surface area contributed by atoms with Crippen LogP contribution >= 0.6 is 0 Å². The van der Waals surface area contributed by atoms with Crippen molar-refractivity contribution < 1.29 is 14.1 Å². The monoisotopic (exact) mass is 355 g/mol. The van der Waals surface area contributed by atoms with E-state index in [1.807, 2.05) is 12.1 Å². The predicted molar refractivity (Wildman–Crippen MR) is 103 cm³/mol. The molecule has 2 heterocycles. The number of carbonyl (C=O) groups excluding carboxylic acids is 1. The van der Waals surface area contributed by atoms with E-state index in [4.69, 9.17) is 4.42 Å². The van der Waals surface area contributed by atoms with Crippen LogP contribution in [0.4, 0.5) is 0 Å². The summed E-state index contributed by atoms with van der Waals surface area (Å²) in [5, 5.41) is 3.30. The van der Waals surface area contributed by atoms with Crippen molar-refractivity contribution in [3.63, 3.8) is 0 Å². The van der Waals surface area contributed by atoms with Crippen molar-refractivity contribution in [1.82, 2.24) is 5.32 Å². The fraction of sp³-hybridized carbons (Fsp3) is 0.500. The molecule has 26 heavy (non-hydrogen) atoms. The number of amides is 1. The highest BCUT2D eigenvalue weighted by molar-refractivity contribution is 5.77. The molecule has 1 aromatic heterocycles. The summed E-state index contributed by atoms with van der Waals surface area (Å²) in [6, 6.07) is 13.1. The van der Waals surface area contributed by atoms with Crippen molar-refractivity contribution in [3.8, 4) is 0 Å². The fourth-order valence-corrected chi connectivity index (χ4v) is 3.99. The van der Waals surface area contributed by atoms with Crippen LogP contribution in [0.25, 0.3) is 0 Å². The lowest BCUT2D eigenvalue weighted by atomic mass is 9.88. The van der Waals surface area contributed by atoms with Gasteiger partial charge in [-0.3, -0.25) is 4.79 Å². The normalized spacial score (nSPS) is 27.1. The average molecular weight is 356 g/mol. The number of benzene rings is 1. The number of quaternary nitrogens is 1. The van der Waals surface area contributed by atoms with E-state index in [0.29, 0.717) is 18.4 Å². The third-order valence-electron chi connectivity index (χ3n) is 5.88. The van der Waals surface area contributed by atoms with Crippen LogP contribution in [0.2, 0.25) is 0 Å². The van der Waals surface area contributed by atoms with Crippen molar-refractivity contribution in [2.24, 2.45) is 5.92 Å². The van der Waals surface area contributed by atoms with Crippen molar-refractivity contribution in [1.29, 1.82) is 0 Å². The van der Waals surface area contributed by atoms with Gasteiger partial charge in [0.05, 0.1) is 31.8 Å². The molecule has 0 saturated carbocycles. The number of likely N-dealkylation sites (tertiary alicyclic amines) is 1. The van der Waals surface area contributed by atoms with Gasteiger partial charge in [-0.25, -0.2) is 0 Å². The summed E-state index contributed by atoms with van der Waals surface area (Å²) in [6.07, 6.45) is 3.13. The van der Waals surface area contributed by atoms with Crippen molar-refractivity contribution in [2.75, 3.05) is 13.6 Å². The molecular formula is C22H31N2O2+. The van der Waals surface area contributed by atoms with E-state index in [1.54, 1.807) is 11.2 Å². The summed E-state index contributed by atoms with van der Waals surface area (Å²) in [7, 11) is 2.24. The van der Waals surface area contributed by atoms with Gasteiger partial charge in [-0.2, -0.15) is 0 Å². The Hall–Kier alpha value is -2.07. The molecule has 0 spiro atoms. The molecule has 0 bridgehead atoms. The molecule has 1 fully saturated rings. The quantitative estimate of drug-likeness (QED) is 0.866. The second-order valence-electron chi connectivity index (χ2n) is 8.02. The van der Waals surface area contributed by atoms with E-state index in [9.17, 15) is 4.79 Å². The predicted octanol–water partition coefficient (Wildman–Crippen LogP) is 2.54. The van der Waals surface area contributed by atoms with E-state index in [2.05, 4.69) is 57.4 Å². The number of furan rings is 1. The van der Waals surface area contributed by atoms with E-state index >= 15 is 0 Å². The molecule has 1 amide bonds. The highest BCUT2D eigenvalue weighted by atomic mass is 16.3. The first-order valence-electron chi connectivity index (χ1n) is 9.65. The zero-order valence-electron chi connectivity index (χ0n) is 16.3. The Kier molecular flexibility index (Phi) is 5.82. The minimum absolute atomic E-state index is 0.0461. The largest absolute Gasteiger partial charge is 0.469 e. The first kappa shape index (κ1) is 18.7. The van der Waals surface area contributed by atoms with Crippen LogP contribution in [0.1, 0.15) is 49.5 Å². The Morgan fingerprint density at radius 2 is 2.00 bits per heavy atom. The van der Waals surface area contributed by atoms with Gasteiger partial charge in [0, 0.05) is 24.8 Å². The molecule has 0 radical (unpaired) electrons. The first-order valence-corrected chi connectivity index (χ1v) is 9.65. The Labute approximate surface area is 156 Å². The Bertz CT molecular complexity index is 708. The molecule has 1 aromatic carbocycles. The van der Waals surface area contributed by atoms with Gasteiger partial charge < -0.3 is 14.6 Å². The maximum Gasteiger partial charge on any atom is 0.221 e. The van der Waals surface area contributed by atoms with Gasteiger partial charge in [0.25, 0.3) is 0 Å². The molecule has 1 unspecified atom stereocenters. The molecule has 1 saturated heterocycles. The van der Waals surface area contributed by atoms with E-state index in [-0.39, 0.29) is 17.9 Å². The molecule has 2 N–H and O–H groups in total. The second-order valence-corrected chi connectivity index (χ2v) is 8.02. The highest BCUT2D eigenvalue weighted by Crippen LogP contribution is 2.29. The Morgan fingerprint density at radius 3 is 2.65 bits per heavy atom. The SMILES string of the molecule is Cc1ccc([C@H](CC(=O)N[C@H]2C[C@H](C)[NH+](C)C[C@H]2C)c2ccco2)cc1. The standard InChI is InChI=1S/C22H30N2O2/c1-15-7-9-18(10-8-15)19(21-6-5-11-26-21)13-22(25)23-20-12-17(3)24(4)14-16(20)2/h5-11,16-17,19-20H,12-14H2,1-4H3,(H,23,25)/p+1/t16-,17+,19+,20+/m1/s1. The van der Waals surface area contributed by atoms with Crippen LogP contribution in [0.3, 0.4) is 0 Å². The van der Waals surface area contributed by atoms with E-state index in [1.165, 1.54) is 5.56 Å². The highest BCUT2D eigenvalue weighted by Gasteiger charge is 2.33. The molecule has 4 heteroatoms. The summed E-state index contributed by atoms with van der Waals surface area (Å²) in [6.45, 7) is 7.68. The summed E-state index contributed by atoms with van der Waals surface area (Å²) in [4.78, 5) is 14.4. The second kappa shape index (κ2) is 8.09. The molecule has 140 valence electrons. The lowest BCUT2D eigenvalue weighted by Gasteiger charge is -2.37. The van der Waals surface area contributed by atoms with Gasteiger partial charge in [0.15, 0.2) is 0 Å². The topological polar surface area (TPSA) is 46.7 Å². The van der Waals surface area contributed by atoms with Crippen LogP contribution in [-0.2, 0) is 4.79 Å². The number of rotatable bonds is 5. The third-order valence-corrected chi connectivity index (χ3v) is 5.88. The summed E-state index contributed by atoms with van der Waals surface area (Å²) >= 11 is 0. The lowest BCUT2D eigenvalue weighted by molar-refractivity contribution is -0.913. The zero-order chi connectivity index (χ0) is 18.7. The maximum atomic E-state index is 12.8. The van der Waals surface area contributed by atoms with Crippen molar-refractivity contribution in [2.45, 2.75) is 51.6 Å². The first-order chi connectivity index (χ1) is 12.4. The number of aryl methyl sites for hydroxylation is 1. The van der Waals surface area contributed by atoms with E-state index in [0.717, 1.165) is 24.3 Å². The smallest absolute Gasteiger partial charge is 0.221 e. The number of hydrogen-bond acceptors (Lipinski definition) is 2. The van der Waals surface area contributed by atoms with Gasteiger partial charge >= 0.3 is 0 Å². The molecule has 1 aliphatic heterocycles. The molecule has 4 nitrogen and oxygen atoms in total. The lowest BCUT2D eigenvalue weighted by Crippen LogP contribution is -3.15. The van der Waals surface area contributed by atoms with Crippen LogP contribution in [-0.4, -0.2) is 31.6 Å². The number of hydrogen-bond donors (Lipinski definition) is 2. The number of carbonyl (C=O) groups is 1. The van der Waals surface area contributed by atoms with Crippen LogP contribution < -0.4 is 10.2 Å². The molecule has 2 aromatic rings. The third kappa shape index (κ3) is 4.36. The van der Waals surface area contributed by atoms with Crippen molar-refractivity contribution >= 4 is 5.91 Å². The van der Waals surface area contributed by atoms with Gasteiger partial charge in [-0.05, 0) is 31.5 Å². The molecule has 3 rings (SSSR count). The molecular weight excluding hydrogens is 324 g/mol. The minimum Gasteiger partial charge on any atom is -0.469 e. The van der Waals surface area contributed by atoms with Crippen LogP contribution in [0.15, 0.2) is 47.1 Å². The van der Waals surface area contributed by atoms with Gasteiger partial charge in [-0.1, -0.05) is 36.8 Å². The van der Waals surface area contributed by atoms with Crippen LogP contribution in [0.5, 0.6) is 0 Å². The minimum atomic E-state index is -0.0461. The maximum absolute atomic E-state index is 12.8. The van der Waals surface area contributed by atoms with Crippen molar-refractivity contribution in [3.05, 3.63) is 59.5 Å². The Morgan fingerprint density at radius 1 is 1.27 bits per heavy atom. The summed E-state index contributed by atoms with van der Waals surface area (Å²) in [5.41, 5.74) is 2.34. The fourth-order valence-electron chi connectivity index (χ4n) is 3.99. The number of piperidine rings is 1. The average Bonchev–Trinajstić information content (AvgIpc) is 3.13. The molecule has 0 aliphatic carbocycles. The van der Waals surface area contributed by atoms with Crippen LogP contribution in [0, 0.1) is 12.8 Å². The van der Waals surface area contributed by atoms with Gasteiger partial charge in [-0.15, -0.1) is 0 Å². The number of nitrogens with one attached hydrogen (secondary N) is 2. The molecule has 5 atom stereocenters. The summed E-state index contributed by atoms with van der Waals surface area (Å²) < 4.78 is 5.64.